The highest BCUT2D eigenvalue weighted by molar-refractivity contribution is 6.07. The molecule has 2 N–H and O–H groups in total. The van der Waals surface area contributed by atoms with Crippen LogP contribution in [0.5, 0.6) is 5.75 Å². The fourth-order valence-corrected chi connectivity index (χ4v) is 4.75. The highest BCUT2D eigenvalue weighted by Gasteiger charge is 2.45. The molecule has 1 fully saturated rings. The van der Waals surface area contributed by atoms with Crippen molar-refractivity contribution in [3.63, 3.8) is 0 Å². The fraction of sp³-hybridized carbons (Fsp3) is 0.423. The van der Waals surface area contributed by atoms with Gasteiger partial charge in [0.25, 0.3) is 0 Å². The first-order valence-electron chi connectivity index (χ1n) is 12.1. The van der Waals surface area contributed by atoms with Gasteiger partial charge in [0.15, 0.2) is 0 Å². The van der Waals surface area contributed by atoms with Gasteiger partial charge in [-0.1, -0.05) is 30.3 Å². The zero-order valence-electron chi connectivity index (χ0n) is 20.6. The van der Waals surface area contributed by atoms with Crippen molar-refractivity contribution in [2.75, 3.05) is 52.9 Å². The number of hydrogen-bond acceptors (Lipinski definition) is 6. The monoisotopic (exact) mass is 497 g/mol. The number of carbonyl (C=O) groups excluding carboxylic acids is 1. The minimum Gasteiger partial charge on any atom is -0.492 e. The number of nitrogens with one attached hydrogen (secondary N) is 1. The van der Waals surface area contributed by atoms with E-state index in [9.17, 15) is 19.1 Å². The van der Waals surface area contributed by atoms with Gasteiger partial charge in [-0.25, -0.2) is 9.18 Å². The van der Waals surface area contributed by atoms with Gasteiger partial charge >= 0.3 is 6.09 Å². The van der Waals surface area contributed by atoms with Crippen molar-refractivity contribution in [3.05, 3.63) is 65.5 Å². The molecule has 0 bridgehead atoms. The van der Waals surface area contributed by atoms with Gasteiger partial charge in [0.05, 0.1) is 24.3 Å². The number of hydrazone groups is 1. The molecule has 10 heteroatoms. The molecule has 0 radical (unpaired) electrons. The quantitative estimate of drug-likeness (QED) is 0.674. The first-order chi connectivity index (χ1) is 17.4. The summed E-state index contributed by atoms with van der Waals surface area (Å²) in [6.45, 7) is 7.87. The van der Waals surface area contributed by atoms with Crippen molar-refractivity contribution < 1.29 is 23.8 Å². The van der Waals surface area contributed by atoms with Crippen LogP contribution in [0.25, 0.3) is 0 Å². The molecule has 2 amide bonds. The molecule has 2 aromatic carbocycles. The Hall–Kier alpha value is -3.50. The second-order valence-electron chi connectivity index (χ2n) is 8.98. The van der Waals surface area contributed by atoms with Crippen molar-refractivity contribution in [1.82, 2.24) is 20.1 Å². The number of amides is 2. The second-order valence-corrected chi connectivity index (χ2v) is 8.98. The average Bonchev–Trinajstić information content (AvgIpc) is 3.29. The molecule has 3 aliphatic heterocycles. The smallest absolute Gasteiger partial charge is 0.428 e. The average molecular weight is 498 g/mol. The van der Waals surface area contributed by atoms with Crippen LogP contribution in [0.2, 0.25) is 0 Å². The Labute approximate surface area is 210 Å². The van der Waals surface area contributed by atoms with Crippen molar-refractivity contribution in [2.45, 2.75) is 13.0 Å². The molecule has 0 aliphatic carbocycles. The molecule has 36 heavy (non-hydrogen) atoms. The Morgan fingerprint density at radius 3 is 2.50 bits per heavy atom. The molecule has 3 heterocycles. The molecular formula is C26H32FN5O4. The summed E-state index contributed by atoms with van der Waals surface area (Å²) in [5.41, 5.74) is 1.91. The van der Waals surface area contributed by atoms with Crippen molar-refractivity contribution >= 4 is 17.7 Å². The Bertz CT molecular complexity index is 1100. The molecule has 0 saturated carbocycles. The van der Waals surface area contributed by atoms with Gasteiger partial charge in [-0.05, 0) is 30.8 Å². The van der Waals surface area contributed by atoms with Crippen molar-refractivity contribution in [3.8, 4) is 5.75 Å². The van der Waals surface area contributed by atoms with E-state index < -0.39 is 18.0 Å². The first kappa shape index (κ1) is 25.6. The second kappa shape index (κ2) is 11.5. The Balaban J connectivity index is 0.000000200. The van der Waals surface area contributed by atoms with E-state index in [1.165, 1.54) is 12.1 Å². The molecule has 1 saturated heterocycles. The number of fused-ring (bicyclic) bond motifs is 3. The number of carbonyl (C=O) groups is 2. The number of carboxylic acid groups (broad SMARTS) is 1. The van der Waals surface area contributed by atoms with Gasteiger partial charge in [0.1, 0.15) is 11.6 Å². The van der Waals surface area contributed by atoms with Crippen LogP contribution in [0.3, 0.4) is 0 Å². The summed E-state index contributed by atoms with van der Waals surface area (Å²) in [5, 5.41) is 17.9. The number of piperazine rings is 1. The van der Waals surface area contributed by atoms with Crippen LogP contribution in [0.1, 0.15) is 24.1 Å². The van der Waals surface area contributed by atoms with E-state index in [2.05, 4.69) is 15.3 Å². The number of nitrogens with zero attached hydrogens (tertiary/aromatic N) is 4. The summed E-state index contributed by atoms with van der Waals surface area (Å²) in [6.07, 6.45) is -1.14. The summed E-state index contributed by atoms with van der Waals surface area (Å²) in [6, 6.07) is 13.0. The number of ether oxygens (including phenoxy) is 1. The Morgan fingerprint density at radius 2 is 1.86 bits per heavy atom. The summed E-state index contributed by atoms with van der Waals surface area (Å²) < 4.78 is 19.3. The van der Waals surface area contributed by atoms with E-state index in [4.69, 9.17) is 4.74 Å². The third-order valence-corrected chi connectivity index (χ3v) is 6.68. The predicted molar refractivity (Wildman–Crippen MR) is 134 cm³/mol. The van der Waals surface area contributed by atoms with Gasteiger partial charge < -0.3 is 20.1 Å². The minimum absolute atomic E-state index is 0.202. The van der Waals surface area contributed by atoms with Gasteiger partial charge in [-0.15, -0.1) is 0 Å². The molecule has 2 aromatic rings. The van der Waals surface area contributed by atoms with Crippen LogP contribution in [0.15, 0.2) is 53.6 Å². The van der Waals surface area contributed by atoms with E-state index >= 15 is 0 Å². The summed E-state index contributed by atoms with van der Waals surface area (Å²) in [7, 11) is 1.96. The number of hydrogen-bond donors (Lipinski definition) is 2. The van der Waals surface area contributed by atoms with Crippen LogP contribution in [-0.2, 0) is 4.79 Å². The van der Waals surface area contributed by atoms with E-state index in [1.807, 2.05) is 42.3 Å². The molecule has 0 aromatic heterocycles. The molecule has 9 nitrogen and oxygen atoms in total. The normalized spacial score (nSPS) is 20.9. The molecule has 2 atom stereocenters. The number of halogens is 1. The Morgan fingerprint density at radius 1 is 1.14 bits per heavy atom. The van der Waals surface area contributed by atoms with Gasteiger partial charge in [-0.2, -0.15) is 10.1 Å². The number of likely N-dealkylation sites (N-methyl/N-ethyl adjacent to an activating group) is 1. The first-order valence-corrected chi connectivity index (χ1v) is 12.1. The Kier molecular flexibility index (Phi) is 8.17. The van der Waals surface area contributed by atoms with Crippen LogP contribution >= 0.6 is 0 Å². The van der Waals surface area contributed by atoms with E-state index in [0.29, 0.717) is 23.6 Å². The lowest BCUT2D eigenvalue weighted by Crippen LogP contribution is -2.49. The zero-order chi connectivity index (χ0) is 25.7. The molecule has 192 valence electrons. The SMILES string of the molecule is CNCCN1CCN(C(C)=O)CC1.O=C(O)N1N=C2c3cc(F)ccc3OC[C@@H]2[C@H]1c1ccccc1. The van der Waals surface area contributed by atoms with Crippen LogP contribution < -0.4 is 10.1 Å². The minimum atomic E-state index is -1.14. The maximum Gasteiger partial charge on any atom is 0.428 e. The third kappa shape index (κ3) is 5.66. The zero-order valence-corrected chi connectivity index (χ0v) is 20.6. The van der Waals surface area contributed by atoms with E-state index in [1.54, 1.807) is 13.0 Å². The highest BCUT2D eigenvalue weighted by Crippen LogP contribution is 2.42. The van der Waals surface area contributed by atoms with Gasteiger partial charge in [-0.3, -0.25) is 9.69 Å². The lowest BCUT2D eigenvalue weighted by Gasteiger charge is -2.34. The molecule has 0 unspecified atom stereocenters. The predicted octanol–water partition coefficient (Wildman–Crippen LogP) is 2.64. The maximum absolute atomic E-state index is 13.6. The summed E-state index contributed by atoms with van der Waals surface area (Å²) >= 11 is 0. The molecular weight excluding hydrogens is 465 g/mol. The number of rotatable bonds is 4. The molecule has 5 rings (SSSR count). The third-order valence-electron chi connectivity index (χ3n) is 6.68. The van der Waals surface area contributed by atoms with Gasteiger partial charge in [0.2, 0.25) is 5.91 Å². The van der Waals surface area contributed by atoms with Crippen molar-refractivity contribution in [1.29, 1.82) is 0 Å². The lowest BCUT2D eigenvalue weighted by molar-refractivity contribution is -0.130. The summed E-state index contributed by atoms with van der Waals surface area (Å²) in [4.78, 5) is 26.9. The van der Waals surface area contributed by atoms with Crippen molar-refractivity contribution in [2.24, 2.45) is 11.0 Å². The largest absolute Gasteiger partial charge is 0.492 e. The maximum atomic E-state index is 13.6. The highest BCUT2D eigenvalue weighted by atomic mass is 19.1. The molecule has 3 aliphatic rings. The van der Waals surface area contributed by atoms with Gasteiger partial charge in [0, 0.05) is 51.8 Å². The topological polar surface area (TPSA) is 97.7 Å². The lowest BCUT2D eigenvalue weighted by atomic mass is 9.86. The summed E-state index contributed by atoms with van der Waals surface area (Å²) in [5.74, 6) is 0.0669. The number of benzene rings is 2. The molecule has 0 spiro atoms. The van der Waals surface area contributed by atoms with Crippen LogP contribution in [-0.4, -0.2) is 90.6 Å². The van der Waals surface area contributed by atoms with E-state index in [-0.39, 0.29) is 11.8 Å². The van der Waals surface area contributed by atoms with E-state index in [0.717, 1.165) is 49.8 Å². The standard InChI is InChI=1S/C17H13FN2O3.C9H19N3O/c18-11-6-7-14-12(8-11)15-13(9-23-14)16(20(19-15)17(21)22)10-4-2-1-3-5-10;1-9(13)12-7-5-11(6-8-12)4-3-10-2/h1-8,13,16H,9H2,(H,21,22);10H,3-8H2,1-2H3/t13-,16+;/m0./s1. The van der Waals surface area contributed by atoms with Crippen LogP contribution in [0.4, 0.5) is 9.18 Å². The fourth-order valence-electron chi connectivity index (χ4n) is 4.75. The van der Waals surface area contributed by atoms with Crippen LogP contribution in [0, 0.1) is 11.7 Å².